The fourth-order valence-electron chi connectivity index (χ4n) is 2.21. The van der Waals surface area contributed by atoms with Crippen molar-refractivity contribution in [3.05, 3.63) is 29.8 Å². The number of benzene rings is 1. The second-order valence-corrected chi connectivity index (χ2v) is 6.43. The van der Waals surface area contributed by atoms with Crippen molar-refractivity contribution in [1.82, 2.24) is 5.32 Å². The van der Waals surface area contributed by atoms with E-state index in [9.17, 15) is 4.79 Å². The number of hydrogen-bond donors (Lipinski definition) is 1. The van der Waals surface area contributed by atoms with Crippen LogP contribution in [-0.2, 0) is 9.31 Å². The van der Waals surface area contributed by atoms with Crippen molar-refractivity contribution in [3.8, 4) is 0 Å². The summed E-state index contributed by atoms with van der Waals surface area (Å²) in [5.74, 6) is -0.0813. The van der Waals surface area contributed by atoms with Gasteiger partial charge in [0.05, 0.1) is 11.2 Å². The summed E-state index contributed by atoms with van der Waals surface area (Å²) in [5.41, 5.74) is 0.573. The summed E-state index contributed by atoms with van der Waals surface area (Å²) in [5, 5.41) is 2.90. The smallest absolute Gasteiger partial charge is 0.399 e. The molecule has 0 bridgehead atoms. The van der Waals surface area contributed by atoms with Crippen LogP contribution in [0.15, 0.2) is 24.3 Å². The van der Waals surface area contributed by atoms with Crippen LogP contribution < -0.4 is 10.8 Å². The van der Waals surface area contributed by atoms with E-state index in [4.69, 9.17) is 9.31 Å². The number of hydrogen-bond acceptors (Lipinski definition) is 3. The minimum absolute atomic E-state index is 0.0813. The molecule has 1 fully saturated rings. The van der Waals surface area contributed by atoms with Gasteiger partial charge in [-0.3, -0.25) is 4.79 Å². The van der Waals surface area contributed by atoms with Crippen LogP contribution in [0.1, 0.15) is 51.4 Å². The van der Waals surface area contributed by atoms with Gasteiger partial charge in [-0.15, -0.1) is 0 Å². The van der Waals surface area contributed by atoms with Crippen LogP contribution in [-0.4, -0.2) is 30.8 Å². The van der Waals surface area contributed by atoms with Crippen LogP contribution in [0, 0.1) is 0 Å². The summed E-state index contributed by atoms with van der Waals surface area (Å²) in [4.78, 5) is 12.3. The minimum Gasteiger partial charge on any atom is -0.399 e. The molecule has 4 nitrogen and oxygen atoms in total. The molecule has 114 valence electrons. The molecule has 0 atom stereocenters. The van der Waals surface area contributed by atoms with Gasteiger partial charge in [0.15, 0.2) is 0 Å². The van der Waals surface area contributed by atoms with Crippen molar-refractivity contribution >= 4 is 18.5 Å². The molecule has 1 heterocycles. The molecule has 1 aromatic rings. The lowest BCUT2D eigenvalue weighted by Gasteiger charge is -2.32. The Balaban J connectivity index is 2.28. The molecule has 0 saturated carbocycles. The molecule has 1 amide bonds. The highest BCUT2D eigenvalue weighted by Gasteiger charge is 2.52. The zero-order valence-electron chi connectivity index (χ0n) is 13.5. The molecule has 1 aromatic carbocycles. The molecule has 0 unspecified atom stereocenters. The zero-order valence-corrected chi connectivity index (χ0v) is 13.5. The van der Waals surface area contributed by atoms with E-state index in [-0.39, 0.29) is 5.91 Å². The van der Waals surface area contributed by atoms with Crippen LogP contribution in [0.5, 0.6) is 0 Å². The molecule has 1 aliphatic heterocycles. The SMILES string of the molecule is CCCNC(=O)c1ccccc1B1OC(C)(C)C(C)(C)O1. The molecule has 21 heavy (non-hydrogen) atoms. The van der Waals surface area contributed by atoms with Crippen molar-refractivity contribution < 1.29 is 14.1 Å². The lowest BCUT2D eigenvalue weighted by Crippen LogP contribution is -2.41. The molecule has 1 aliphatic rings. The third-order valence-corrected chi connectivity index (χ3v) is 4.25. The Bertz CT molecular complexity index is 512. The van der Waals surface area contributed by atoms with Crippen molar-refractivity contribution in [2.75, 3.05) is 6.54 Å². The third-order valence-electron chi connectivity index (χ3n) is 4.25. The number of amides is 1. The molecule has 0 spiro atoms. The van der Waals surface area contributed by atoms with E-state index in [1.54, 1.807) is 0 Å². The maximum Gasteiger partial charge on any atom is 0.495 e. The quantitative estimate of drug-likeness (QED) is 0.864. The van der Waals surface area contributed by atoms with Gasteiger partial charge in [0.2, 0.25) is 0 Å². The van der Waals surface area contributed by atoms with Crippen LogP contribution in [0.3, 0.4) is 0 Å². The number of carbonyl (C=O) groups is 1. The Hall–Kier alpha value is -1.33. The van der Waals surface area contributed by atoms with Crippen LogP contribution in [0.4, 0.5) is 0 Å². The first kappa shape index (κ1) is 16.1. The lowest BCUT2D eigenvalue weighted by molar-refractivity contribution is 0.00578. The minimum atomic E-state index is -0.515. The summed E-state index contributed by atoms with van der Waals surface area (Å²) in [6.07, 6.45) is 0.907. The molecule has 1 saturated heterocycles. The average Bonchev–Trinajstić information content (AvgIpc) is 2.65. The van der Waals surface area contributed by atoms with E-state index in [2.05, 4.69) is 5.32 Å². The number of rotatable bonds is 4. The molecule has 1 N–H and O–H groups in total. The van der Waals surface area contributed by atoms with Crippen molar-refractivity contribution in [2.45, 2.75) is 52.2 Å². The predicted molar refractivity (Wildman–Crippen MR) is 84.8 cm³/mol. The van der Waals surface area contributed by atoms with Gasteiger partial charge in [-0.25, -0.2) is 0 Å². The molecule has 2 rings (SSSR count). The van der Waals surface area contributed by atoms with Gasteiger partial charge < -0.3 is 14.6 Å². The maximum atomic E-state index is 12.3. The van der Waals surface area contributed by atoms with E-state index in [1.807, 2.05) is 58.9 Å². The normalized spacial score (nSPS) is 19.6. The average molecular weight is 289 g/mol. The summed E-state index contributed by atoms with van der Waals surface area (Å²) >= 11 is 0. The van der Waals surface area contributed by atoms with Gasteiger partial charge in [0.1, 0.15) is 0 Å². The summed E-state index contributed by atoms with van der Waals surface area (Å²) in [7, 11) is -0.515. The molecule has 5 heteroatoms. The highest BCUT2D eigenvalue weighted by Crippen LogP contribution is 2.36. The van der Waals surface area contributed by atoms with Crippen LogP contribution in [0.2, 0.25) is 0 Å². The molecule has 0 aromatic heterocycles. The number of carbonyl (C=O) groups excluding carboxylic acids is 1. The Kier molecular flexibility index (Phi) is 4.44. The zero-order chi connectivity index (χ0) is 15.7. The van der Waals surface area contributed by atoms with E-state index >= 15 is 0 Å². The van der Waals surface area contributed by atoms with Gasteiger partial charge in [-0.1, -0.05) is 25.1 Å². The highest BCUT2D eigenvalue weighted by molar-refractivity contribution is 6.63. The van der Waals surface area contributed by atoms with Crippen molar-refractivity contribution in [2.24, 2.45) is 0 Å². The monoisotopic (exact) mass is 289 g/mol. The predicted octanol–water partition coefficient (Wildman–Crippen LogP) is 2.13. The fraction of sp³-hybridized carbons (Fsp3) is 0.562. The third kappa shape index (κ3) is 3.14. The van der Waals surface area contributed by atoms with Gasteiger partial charge in [-0.05, 0) is 45.6 Å². The Morgan fingerprint density at radius 1 is 1.14 bits per heavy atom. The van der Waals surface area contributed by atoms with E-state index in [0.717, 1.165) is 11.9 Å². The standard InChI is InChI=1S/C16H24BNO3/c1-6-11-18-14(19)12-9-7-8-10-13(12)17-20-15(2,3)16(4,5)21-17/h7-10H,6,11H2,1-5H3,(H,18,19). The van der Waals surface area contributed by atoms with Gasteiger partial charge in [-0.2, -0.15) is 0 Å². The molecular weight excluding hydrogens is 265 g/mol. The largest absolute Gasteiger partial charge is 0.495 e. The van der Waals surface area contributed by atoms with Gasteiger partial charge in [0.25, 0.3) is 5.91 Å². The van der Waals surface area contributed by atoms with E-state index in [1.165, 1.54) is 0 Å². The highest BCUT2D eigenvalue weighted by atomic mass is 16.7. The maximum absolute atomic E-state index is 12.3. The summed E-state index contributed by atoms with van der Waals surface area (Å²) in [6.45, 7) is 10.7. The van der Waals surface area contributed by atoms with E-state index in [0.29, 0.717) is 12.1 Å². The first-order valence-electron chi connectivity index (χ1n) is 7.51. The molecule has 0 radical (unpaired) electrons. The molecule has 0 aliphatic carbocycles. The number of nitrogens with one attached hydrogen (secondary N) is 1. The first-order valence-corrected chi connectivity index (χ1v) is 7.51. The first-order chi connectivity index (χ1) is 9.78. The van der Waals surface area contributed by atoms with Gasteiger partial charge in [0, 0.05) is 12.1 Å². The second kappa shape index (κ2) is 5.81. The molecular formula is C16H24BNO3. The summed E-state index contributed by atoms with van der Waals surface area (Å²) < 4.78 is 12.1. The Morgan fingerprint density at radius 3 is 2.29 bits per heavy atom. The Morgan fingerprint density at radius 2 is 1.71 bits per heavy atom. The lowest BCUT2D eigenvalue weighted by atomic mass is 9.75. The van der Waals surface area contributed by atoms with Crippen molar-refractivity contribution in [1.29, 1.82) is 0 Å². The van der Waals surface area contributed by atoms with E-state index < -0.39 is 18.3 Å². The summed E-state index contributed by atoms with van der Waals surface area (Å²) in [6, 6.07) is 7.46. The van der Waals surface area contributed by atoms with Crippen LogP contribution >= 0.6 is 0 Å². The topological polar surface area (TPSA) is 47.6 Å². The Labute approximate surface area is 127 Å². The fourth-order valence-corrected chi connectivity index (χ4v) is 2.21. The van der Waals surface area contributed by atoms with Crippen molar-refractivity contribution in [3.63, 3.8) is 0 Å². The van der Waals surface area contributed by atoms with Gasteiger partial charge >= 0.3 is 7.12 Å². The second-order valence-electron chi connectivity index (χ2n) is 6.43. The van der Waals surface area contributed by atoms with Crippen LogP contribution in [0.25, 0.3) is 0 Å².